The maximum Gasteiger partial charge on any atom is 0.0713 e. The number of allylic oxidation sites excluding steroid dienone is 1. The first-order chi connectivity index (χ1) is 23.8. The number of nitrogens with zero attached hydrogens (tertiary/aromatic N) is 2. The Morgan fingerprint density at radius 3 is 1.96 bits per heavy atom. The summed E-state index contributed by atoms with van der Waals surface area (Å²) < 4.78 is 1.36. The Morgan fingerprint density at radius 1 is 0.521 bits per heavy atom. The number of aryl methyl sites for hydroxylation is 1. The number of benzene rings is 5. The predicted octanol–water partition coefficient (Wildman–Crippen LogP) is 11.8. The van der Waals surface area contributed by atoms with Gasteiger partial charge in [0.2, 0.25) is 0 Å². The molecule has 0 amide bonds. The van der Waals surface area contributed by atoms with Gasteiger partial charge in [0.05, 0.1) is 11.4 Å². The molecule has 0 spiro atoms. The van der Waals surface area contributed by atoms with E-state index in [1.165, 1.54) is 75.8 Å². The van der Waals surface area contributed by atoms with Crippen molar-refractivity contribution in [3.63, 3.8) is 0 Å². The van der Waals surface area contributed by atoms with Gasteiger partial charge in [0, 0.05) is 44.2 Å². The fourth-order valence-corrected chi connectivity index (χ4v) is 8.99. The van der Waals surface area contributed by atoms with Crippen LogP contribution >= 0.6 is 11.3 Å². The molecule has 3 heteroatoms. The fourth-order valence-electron chi connectivity index (χ4n) is 7.69. The van der Waals surface area contributed by atoms with Crippen LogP contribution in [0.15, 0.2) is 146 Å². The summed E-state index contributed by atoms with van der Waals surface area (Å²) in [5.74, 6) is 0. The Balaban J connectivity index is 0.907. The van der Waals surface area contributed by atoms with Crippen molar-refractivity contribution in [2.24, 2.45) is 0 Å². The Labute approximate surface area is 283 Å². The van der Waals surface area contributed by atoms with Crippen LogP contribution in [-0.2, 0) is 12.8 Å². The van der Waals surface area contributed by atoms with Gasteiger partial charge in [0.15, 0.2) is 0 Å². The van der Waals surface area contributed by atoms with Gasteiger partial charge in [-0.2, -0.15) is 0 Å². The maximum atomic E-state index is 4.97. The van der Waals surface area contributed by atoms with Crippen LogP contribution in [0.4, 0.5) is 0 Å². The van der Waals surface area contributed by atoms with Crippen LogP contribution in [0.3, 0.4) is 0 Å². The molecule has 5 aromatic carbocycles. The molecular weight excluding hydrogens is 601 g/mol. The number of hydrogen-bond donors (Lipinski definition) is 0. The molecular formula is C45H30N2S. The predicted molar refractivity (Wildman–Crippen MR) is 201 cm³/mol. The van der Waals surface area contributed by atoms with Crippen LogP contribution < -0.4 is 0 Å². The first-order valence-corrected chi connectivity index (χ1v) is 17.5. The van der Waals surface area contributed by atoms with Gasteiger partial charge in [0.1, 0.15) is 0 Å². The van der Waals surface area contributed by atoms with Crippen LogP contribution in [-0.4, -0.2) is 9.97 Å². The van der Waals surface area contributed by atoms with Gasteiger partial charge in [-0.15, -0.1) is 11.3 Å². The summed E-state index contributed by atoms with van der Waals surface area (Å²) in [6.07, 6.45) is 9.53. The minimum atomic E-state index is 0.962. The van der Waals surface area contributed by atoms with Crippen LogP contribution in [0, 0.1) is 0 Å². The number of thiophene rings is 1. The molecule has 0 saturated heterocycles. The number of pyridine rings is 2. The second-order valence-corrected chi connectivity index (χ2v) is 13.9. The molecule has 48 heavy (non-hydrogen) atoms. The van der Waals surface area contributed by atoms with E-state index in [-0.39, 0.29) is 0 Å². The van der Waals surface area contributed by atoms with Crippen LogP contribution in [0.2, 0.25) is 0 Å². The van der Waals surface area contributed by atoms with E-state index in [2.05, 4.69) is 133 Å². The molecule has 0 radical (unpaired) electrons. The van der Waals surface area contributed by atoms with E-state index >= 15 is 0 Å². The zero-order chi connectivity index (χ0) is 31.6. The minimum absolute atomic E-state index is 0.962. The molecule has 2 nitrogen and oxygen atoms in total. The summed E-state index contributed by atoms with van der Waals surface area (Å²) in [5.41, 5.74) is 16.1. The standard InChI is InChI=1S/C45H30N2S/c1-2-8-35-32(7-1)25-41-36(35)10-5-11-37(41)42-21-19-33(26-46-42)30-17-15-29-24-31(18-16-28(29)23-30)34-20-22-43(47-27-34)40-13-6-12-39-38-9-3-4-14-44(38)48-45(39)40/h1-5,7-11,13-24,26-27H,6,12,25H2. The summed E-state index contributed by atoms with van der Waals surface area (Å²) in [5, 5.41) is 3.83. The molecule has 2 aliphatic carbocycles. The molecule has 226 valence electrons. The van der Waals surface area contributed by atoms with Crippen LogP contribution in [0.5, 0.6) is 0 Å². The van der Waals surface area contributed by atoms with Gasteiger partial charge < -0.3 is 0 Å². The minimum Gasteiger partial charge on any atom is -0.256 e. The summed E-state index contributed by atoms with van der Waals surface area (Å²) >= 11 is 1.89. The van der Waals surface area contributed by atoms with E-state index in [4.69, 9.17) is 9.97 Å². The molecule has 0 N–H and O–H groups in total. The number of hydrogen-bond acceptors (Lipinski definition) is 3. The van der Waals surface area contributed by atoms with E-state index in [0.29, 0.717) is 0 Å². The summed E-state index contributed by atoms with van der Waals surface area (Å²) in [4.78, 5) is 11.3. The Bertz CT molecular complexity index is 2570. The molecule has 3 heterocycles. The molecule has 0 aliphatic heterocycles. The van der Waals surface area contributed by atoms with E-state index in [1.807, 2.05) is 23.7 Å². The van der Waals surface area contributed by atoms with Gasteiger partial charge in [0.25, 0.3) is 0 Å². The Hall–Kier alpha value is -5.64. The lowest BCUT2D eigenvalue weighted by atomic mass is 9.93. The smallest absolute Gasteiger partial charge is 0.0713 e. The number of rotatable bonds is 4. The van der Waals surface area contributed by atoms with E-state index < -0.39 is 0 Å². The first-order valence-electron chi connectivity index (χ1n) is 16.7. The van der Waals surface area contributed by atoms with Gasteiger partial charge in [-0.1, -0.05) is 103 Å². The summed E-state index contributed by atoms with van der Waals surface area (Å²) in [7, 11) is 0. The van der Waals surface area contributed by atoms with Crippen molar-refractivity contribution in [1.29, 1.82) is 0 Å². The van der Waals surface area contributed by atoms with Crippen molar-refractivity contribution in [2.75, 3.05) is 0 Å². The van der Waals surface area contributed by atoms with Crippen molar-refractivity contribution in [3.8, 4) is 44.6 Å². The highest BCUT2D eigenvalue weighted by Crippen LogP contribution is 2.43. The van der Waals surface area contributed by atoms with Crippen LogP contribution in [0.1, 0.15) is 33.7 Å². The molecule has 8 aromatic rings. The van der Waals surface area contributed by atoms with Crippen molar-refractivity contribution in [2.45, 2.75) is 19.3 Å². The Kier molecular flexibility index (Phi) is 6.28. The molecule has 2 aliphatic rings. The Morgan fingerprint density at radius 2 is 1.19 bits per heavy atom. The molecule has 0 bridgehead atoms. The maximum absolute atomic E-state index is 4.97. The normalized spacial score (nSPS) is 13.3. The second-order valence-electron chi connectivity index (χ2n) is 12.9. The summed E-state index contributed by atoms with van der Waals surface area (Å²) in [6, 6.07) is 46.3. The average molecular weight is 631 g/mol. The van der Waals surface area contributed by atoms with Gasteiger partial charge in [-0.25, -0.2) is 0 Å². The van der Waals surface area contributed by atoms with Crippen molar-refractivity contribution >= 4 is 37.8 Å². The van der Waals surface area contributed by atoms with Crippen molar-refractivity contribution in [3.05, 3.63) is 173 Å². The van der Waals surface area contributed by atoms with E-state index in [0.717, 1.165) is 41.8 Å². The molecule has 3 aromatic heterocycles. The average Bonchev–Trinajstić information content (AvgIpc) is 3.73. The van der Waals surface area contributed by atoms with E-state index in [9.17, 15) is 0 Å². The fraction of sp³-hybridized carbons (Fsp3) is 0.0667. The van der Waals surface area contributed by atoms with Crippen molar-refractivity contribution < 1.29 is 0 Å². The molecule has 0 atom stereocenters. The van der Waals surface area contributed by atoms with Crippen LogP contribution in [0.25, 0.3) is 71.1 Å². The third kappa shape index (κ3) is 4.46. The van der Waals surface area contributed by atoms with E-state index in [1.54, 1.807) is 0 Å². The van der Waals surface area contributed by atoms with Gasteiger partial charge in [-0.3, -0.25) is 9.97 Å². The monoisotopic (exact) mass is 630 g/mol. The largest absolute Gasteiger partial charge is 0.256 e. The highest BCUT2D eigenvalue weighted by atomic mass is 32.1. The second kappa shape index (κ2) is 11.0. The zero-order valence-corrected chi connectivity index (χ0v) is 27.1. The highest BCUT2D eigenvalue weighted by molar-refractivity contribution is 7.20. The lowest BCUT2D eigenvalue weighted by Gasteiger charge is -2.14. The topological polar surface area (TPSA) is 25.8 Å². The number of aromatic nitrogens is 2. The first kappa shape index (κ1) is 27.5. The molecule has 0 saturated carbocycles. The lowest BCUT2D eigenvalue weighted by Crippen LogP contribution is -1.99. The lowest BCUT2D eigenvalue weighted by molar-refractivity contribution is 0.995. The number of fused-ring (bicyclic) bond motifs is 7. The quantitative estimate of drug-likeness (QED) is 0.193. The SMILES string of the molecule is C1=C(c2ccc(-c3ccc4cc(-c5ccc(-c6cccc7c6Cc6ccccc6-7)nc5)ccc4c3)cn2)c2sc3ccccc3c2CC1. The molecule has 10 rings (SSSR count). The van der Waals surface area contributed by atoms with Gasteiger partial charge >= 0.3 is 0 Å². The molecule has 0 fully saturated rings. The zero-order valence-electron chi connectivity index (χ0n) is 26.3. The summed E-state index contributed by atoms with van der Waals surface area (Å²) in [6.45, 7) is 0. The van der Waals surface area contributed by atoms with Gasteiger partial charge in [-0.05, 0) is 105 Å². The highest BCUT2D eigenvalue weighted by Gasteiger charge is 2.22. The third-order valence-corrected chi connectivity index (χ3v) is 11.4. The van der Waals surface area contributed by atoms with Crippen molar-refractivity contribution in [1.82, 2.24) is 9.97 Å². The third-order valence-electron chi connectivity index (χ3n) is 10.1. The molecule has 0 unspecified atom stereocenters.